The van der Waals surface area contributed by atoms with Crippen LogP contribution in [0.4, 0.5) is 0 Å². The zero-order valence-corrected chi connectivity index (χ0v) is 10.8. The lowest BCUT2D eigenvalue weighted by Gasteiger charge is -2.24. The second-order valence-electron chi connectivity index (χ2n) is 5.56. The van der Waals surface area contributed by atoms with Gasteiger partial charge in [0.05, 0.1) is 0 Å². The molecule has 0 saturated carbocycles. The first-order chi connectivity index (χ1) is 8.74. The molecule has 0 spiro atoms. The Morgan fingerprint density at radius 1 is 1.06 bits per heavy atom. The van der Waals surface area contributed by atoms with Crippen molar-refractivity contribution in [2.75, 3.05) is 0 Å². The third kappa shape index (κ3) is 1.21. The molecule has 0 fully saturated rings. The van der Waals surface area contributed by atoms with E-state index in [1.54, 1.807) is 5.56 Å². The highest BCUT2D eigenvalue weighted by Gasteiger charge is 2.20. The van der Waals surface area contributed by atoms with Crippen molar-refractivity contribution >= 4 is 22.9 Å². The molecule has 0 bridgehead atoms. The standard InChI is InChI=1S/C18H16/c1-11-9-14-6-5-13-4-3-12(2)16-8-7-15(10-11)17(14)18(13)16/h3-6,8-10,15H,7H2,1-2H3. The van der Waals surface area contributed by atoms with Crippen LogP contribution in [-0.2, 0) is 0 Å². The first-order valence-electron chi connectivity index (χ1n) is 6.66. The summed E-state index contributed by atoms with van der Waals surface area (Å²) in [6.45, 7) is 4.43. The van der Waals surface area contributed by atoms with Gasteiger partial charge in [-0.25, -0.2) is 0 Å². The summed E-state index contributed by atoms with van der Waals surface area (Å²) < 4.78 is 0. The van der Waals surface area contributed by atoms with Crippen molar-refractivity contribution in [1.29, 1.82) is 0 Å². The molecule has 0 aliphatic heterocycles. The maximum absolute atomic E-state index is 2.42. The molecule has 1 atom stereocenters. The van der Waals surface area contributed by atoms with Gasteiger partial charge in [-0.2, -0.15) is 0 Å². The molecule has 0 N–H and O–H groups in total. The van der Waals surface area contributed by atoms with Crippen LogP contribution in [0.2, 0.25) is 0 Å². The van der Waals surface area contributed by atoms with Crippen LogP contribution in [0.15, 0.2) is 35.9 Å². The van der Waals surface area contributed by atoms with E-state index >= 15 is 0 Å². The van der Waals surface area contributed by atoms with E-state index in [9.17, 15) is 0 Å². The quantitative estimate of drug-likeness (QED) is 0.654. The first-order valence-corrected chi connectivity index (χ1v) is 6.66. The summed E-state index contributed by atoms with van der Waals surface area (Å²) in [6.07, 6.45) is 8.32. The Kier molecular flexibility index (Phi) is 1.89. The average molecular weight is 232 g/mol. The van der Waals surface area contributed by atoms with E-state index in [1.807, 2.05) is 0 Å². The zero-order chi connectivity index (χ0) is 12.3. The highest BCUT2D eigenvalue weighted by atomic mass is 14.2. The number of aryl methyl sites for hydroxylation is 1. The van der Waals surface area contributed by atoms with Gasteiger partial charge in [-0.1, -0.05) is 48.1 Å². The highest BCUT2D eigenvalue weighted by molar-refractivity contribution is 5.90. The van der Waals surface area contributed by atoms with E-state index in [4.69, 9.17) is 0 Å². The van der Waals surface area contributed by atoms with Crippen molar-refractivity contribution < 1.29 is 0 Å². The summed E-state index contributed by atoms with van der Waals surface area (Å²) in [6, 6.07) is 9.05. The number of benzene rings is 2. The fraction of sp³-hybridized carbons (Fsp3) is 0.222. The molecule has 0 saturated heterocycles. The molecule has 0 heterocycles. The lowest BCUT2D eigenvalue weighted by Crippen LogP contribution is -2.24. The van der Waals surface area contributed by atoms with Crippen LogP contribution in [0.3, 0.4) is 0 Å². The van der Waals surface area contributed by atoms with Gasteiger partial charge in [0.15, 0.2) is 0 Å². The van der Waals surface area contributed by atoms with Crippen molar-refractivity contribution in [2.24, 2.45) is 0 Å². The average Bonchev–Trinajstić information content (AvgIpc) is 2.37. The summed E-state index contributed by atoms with van der Waals surface area (Å²) in [5.74, 6) is 0.586. The topological polar surface area (TPSA) is 0 Å². The van der Waals surface area contributed by atoms with E-state index < -0.39 is 0 Å². The fourth-order valence-electron chi connectivity index (χ4n) is 3.51. The normalized spacial score (nSPS) is 20.1. The Labute approximate surface area is 107 Å². The Morgan fingerprint density at radius 3 is 2.78 bits per heavy atom. The van der Waals surface area contributed by atoms with E-state index in [0.29, 0.717) is 5.92 Å². The van der Waals surface area contributed by atoms with Gasteiger partial charge in [0.25, 0.3) is 0 Å². The van der Waals surface area contributed by atoms with Gasteiger partial charge < -0.3 is 0 Å². The molecule has 0 amide bonds. The number of allylic oxidation sites excluding steroid dienone is 2. The van der Waals surface area contributed by atoms with Crippen molar-refractivity contribution in [3.8, 4) is 0 Å². The van der Waals surface area contributed by atoms with E-state index in [2.05, 4.69) is 56.3 Å². The third-order valence-corrected chi connectivity index (χ3v) is 4.31. The monoisotopic (exact) mass is 232 g/mol. The fourth-order valence-corrected chi connectivity index (χ4v) is 3.51. The van der Waals surface area contributed by atoms with E-state index in [1.165, 1.54) is 32.3 Å². The van der Waals surface area contributed by atoms with Crippen LogP contribution >= 0.6 is 0 Å². The Hall–Kier alpha value is -1.82. The summed E-state index contributed by atoms with van der Waals surface area (Å²) in [5.41, 5.74) is 4.36. The molecule has 0 nitrogen and oxygen atoms in total. The van der Waals surface area contributed by atoms with Crippen LogP contribution in [0, 0.1) is 6.92 Å². The molecular weight excluding hydrogens is 216 g/mol. The zero-order valence-electron chi connectivity index (χ0n) is 10.8. The van der Waals surface area contributed by atoms with Gasteiger partial charge in [0, 0.05) is 5.92 Å². The number of hydrogen-bond donors (Lipinski definition) is 0. The molecule has 18 heavy (non-hydrogen) atoms. The minimum atomic E-state index is 0.586. The first kappa shape index (κ1) is 10.1. The molecule has 4 rings (SSSR count). The summed E-state index contributed by atoms with van der Waals surface area (Å²) in [7, 11) is 0. The lowest BCUT2D eigenvalue weighted by molar-refractivity contribution is 0.868. The molecule has 0 aromatic heterocycles. The minimum absolute atomic E-state index is 0.586. The number of rotatable bonds is 0. The number of hydrogen-bond acceptors (Lipinski definition) is 0. The second-order valence-corrected chi connectivity index (χ2v) is 5.56. The second kappa shape index (κ2) is 3.35. The van der Waals surface area contributed by atoms with Crippen molar-refractivity contribution in [1.82, 2.24) is 0 Å². The third-order valence-electron chi connectivity index (χ3n) is 4.31. The molecule has 1 unspecified atom stereocenters. The molecule has 2 aromatic carbocycles. The van der Waals surface area contributed by atoms with Crippen molar-refractivity contribution in [3.63, 3.8) is 0 Å². The van der Waals surface area contributed by atoms with Gasteiger partial charge in [-0.15, -0.1) is 0 Å². The minimum Gasteiger partial charge on any atom is -0.0754 e. The SMILES string of the molecule is CC1=CC2CC=c3c(C)ccc4ccc(c2c34)=C1. The largest absolute Gasteiger partial charge is 0.0754 e. The van der Waals surface area contributed by atoms with Crippen LogP contribution in [-0.4, -0.2) is 0 Å². The molecule has 88 valence electrons. The van der Waals surface area contributed by atoms with E-state index in [-0.39, 0.29) is 0 Å². The lowest BCUT2D eigenvalue weighted by atomic mass is 9.80. The smallest absolute Gasteiger partial charge is 0.00708 e. The maximum atomic E-state index is 2.42. The van der Waals surface area contributed by atoms with Crippen LogP contribution in [0.5, 0.6) is 0 Å². The van der Waals surface area contributed by atoms with Crippen LogP contribution < -0.4 is 10.4 Å². The van der Waals surface area contributed by atoms with Crippen LogP contribution in [0.1, 0.15) is 30.4 Å². The molecular formula is C18H16. The summed E-state index contributed by atoms with van der Waals surface area (Å²) in [4.78, 5) is 0. The predicted molar refractivity (Wildman–Crippen MR) is 78.0 cm³/mol. The molecule has 2 aliphatic carbocycles. The molecule has 2 aromatic rings. The predicted octanol–water partition coefficient (Wildman–Crippen LogP) is 3.16. The van der Waals surface area contributed by atoms with Crippen molar-refractivity contribution in [3.05, 3.63) is 57.5 Å². The van der Waals surface area contributed by atoms with Crippen LogP contribution in [0.25, 0.3) is 22.9 Å². The van der Waals surface area contributed by atoms with E-state index in [0.717, 1.165) is 6.42 Å². The van der Waals surface area contributed by atoms with Gasteiger partial charge in [0.2, 0.25) is 0 Å². The summed E-state index contributed by atoms with van der Waals surface area (Å²) in [5, 5.41) is 5.76. The Morgan fingerprint density at radius 2 is 1.89 bits per heavy atom. The van der Waals surface area contributed by atoms with Gasteiger partial charge in [0.1, 0.15) is 0 Å². The van der Waals surface area contributed by atoms with Crippen molar-refractivity contribution in [2.45, 2.75) is 26.2 Å². The Balaban J connectivity index is 2.31. The molecule has 0 heteroatoms. The summed E-state index contributed by atoms with van der Waals surface area (Å²) >= 11 is 0. The van der Waals surface area contributed by atoms with Gasteiger partial charge in [-0.3, -0.25) is 0 Å². The molecule has 0 radical (unpaired) electrons. The Bertz CT molecular complexity index is 819. The maximum Gasteiger partial charge on any atom is 0.00708 e. The highest BCUT2D eigenvalue weighted by Crippen LogP contribution is 2.31. The molecule has 2 aliphatic rings. The van der Waals surface area contributed by atoms with Gasteiger partial charge >= 0.3 is 0 Å². The van der Waals surface area contributed by atoms with Gasteiger partial charge in [-0.05, 0) is 52.6 Å².